The molecule has 0 bridgehead atoms. The summed E-state index contributed by atoms with van der Waals surface area (Å²) in [4.78, 5) is 8.69. The van der Waals surface area contributed by atoms with Crippen molar-refractivity contribution in [2.75, 3.05) is 69.2 Å². The summed E-state index contributed by atoms with van der Waals surface area (Å²) in [6, 6.07) is 46.0. The van der Waals surface area contributed by atoms with E-state index in [0.29, 0.717) is 73.4 Å². The van der Waals surface area contributed by atoms with E-state index in [9.17, 15) is 27.0 Å². The van der Waals surface area contributed by atoms with Crippen LogP contribution in [0.5, 0.6) is 23.0 Å². The van der Waals surface area contributed by atoms with E-state index in [1.807, 2.05) is 72.8 Å². The normalized spacial score (nSPS) is 12.5. The van der Waals surface area contributed by atoms with Gasteiger partial charge >= 0.3 is 0 Å². The van der Waals surface area contributed by atoms with E-state index in [4.69, 9.17) is 28.4 Å². The van der Waals surface area contributed by atoms with Crippen molar-refractivity contribution in [3.63, 3.8) is 0 Å². The molecule has 0 aliphatic carbocycles. The molecular weight excluding hydrogens is 1000 g/mol. The number of nitrogens with zero attached hydrogens (tertiary/aromatic N) is 2. The van der Waals surface area contributed by atoms with Gasteiger partial charge in [-0.3, -0.25) is 19.4 Å². The predicted octanol–water partition coefficient (Wildman–Crippen LogP) is 6.89. The molecule has 2 unspecified atom stereocenters. The Balaban J connectivity index is 0.612. The predicted molar refractivity (Wildman–Crippen MR) is 285 cm³/mol. The molecule has 0 aliphatic heterocycles. The molecule has 0 saturated heterocycles. The van der Waals surface area contributed by atoms with Crippen molar-refractivity contribution in [3.8, 4) is 23.0 Å². The fourth-order valence-corrected chi connectivity index (χ4v) is 9.49. The number of para-hydroxylation sites is 2. The second-order valence-corrected chi connectivity index (χ2v) is 20.5. The lowest BCUT2D eigenvalue weighted by atomic mass is 10.1. The van der Waals surface area contributed by atoms with E-state index in [0.717, 1.165) is 32.9 Å². The number of aromatic nitrogens is 2. The Morgan fingerprint density at radius 2 is 0.827 bits per heavy atom. The third-order valence-electron chi connectivity index (χ3n) is 11.4. The SMILES string of the molecule is O=S(=O)(Nc1ccc(CCNCC(O)COc2ccc(OCOCOCOc3ccc(OCC(O)CNCCc4ccc(NS(=O)(=O)c5cnc6ccccc6c5)cc4)cc3)cc2)cc1)c1cnc2ccccc2c1. The first kappa shape index (κ1) is 53.9. The Hall–Kier alpha value is -7.40. The number of hydrogen-bond donors (Lipinski definition) is 6. The van der Waals surface area contributed by atoms with Gasteiger partial charge in [-0.05, 0) is 134 Å². The van der Waals surface area contributed by atoms with Crippen LogP contribution in [0, 0.1) is 0 Å². The van der Waals surface area contributed by atoms with E-state index in [-0.39, 0.29) is 43.4 Å². The quantitative estimate of drug-likeness (QED) is 0.0199. The molecule has 0 saturated carbocycles. The number of sulfonamides is 2. The lowest BCUT2D eigenvalue weighted by molar-refractivity contribution is -0.130. The van der Waals surface area contributed by atoms with Crippen LogP contribution >= 0.6 is 0 Å². The van der Waals surface area contributed by atoms with Gasteiger partial charge in [0.2, 0.25) is 0 Å². The summed E-state index contributed by atoms with van der Waals surface area (Å²) in [6.45, 7) is 1.85. The van der Waals surface area contributed by atoms with E-state index in [1.165, 1.54) is 12.4 Å². The summed E-state index contributed by atoms with van der Waals surface area (Å²) in [5.74, 6) is 2.25. The summed E-state index contributed by atoms with van der Waals surface area (Å²) < 4.78 is 90.4. The lowest BCUT2D eigenvalue weighted by Crippen LogP contribution is -2.32. The second kappa shape index (κ2) is 26.7. The average molecular weight is 1060 g/mol. The molecule has 0 spiro atoms. The molecule has 20 heteroatoms. The second-order valence-electron chi connectivity index (χ2n) is 17.2. The van der Waals surface area contributed by atoms with E-state index < -0.39 is 32.3 Å². The third kappa shape index (κ3) is 16.8. The number of rotatable bonds is 30. The first-order chi connectivity index (χ1) is 36.4. The van der Waals surface area contributed by atoms with Crippen molar-refractivity contribution in [2.45, 2.75) is 34.8 Å². The number of fused-ring (bicyclic) bond motifs is 2. The van der Waals surface area contributed by atoms with Gasteiger partial charge in [-0.15, -0.1) is 0 Å². The van der Waals surface area contributed by atoms with E-state index in [2.05, 4.69) is 30.0 Å². The number of aliphatic hydroxyl groups is 2. The van der Waals surface area contributed by atoms with Crippen molar-refractivity contribution in [1.29, 1.82) is 0 Å². The lowest BCUT2D eigenvalue weighted by Gasteiger charge is -2.14. The average Bonchev–Trinajstić information content (AvgIpc) is 3.43. The largest absolute Gasteiger partial charge is 0.491 e. The molecule has 75 heavy (non-hydrogen) atoms. The minimum atomic E-state index is -3.80. The van der Waals surface area contributed by atoms with Crippen LogP contribution in [0.15, 0.2) is 180 Å². The molecular formula is C55H58N6O12S2. The summed E-state index contributed by atoms with van der Waals surface area (Å²) in [6.07, 6.45) is 2.57. The smallest absolute Gasteiger partial charge is 0.263 e. The standard InChI is InChI=1S/C55H58N6O12S2/c62-46(31-56-27-25-40-9-13-44(14-10-40)60-74(64,65)52-29-42-5-1-3-7-54(42)58-33-52)35-70-48-17-21-50(22-18-48)72-38-68-37-69-39-73-51-23-19-49(20-24-51)71-36-47(63)32-57-28-26-41-11-15-45(16-12-41)61-75(66,67)53-30-43-6-2-4-8-55(43)59-34-53/h1-24,29-30,33-34,46-47,56-57,60-63H,25-28,31-32,35-39H2. The minimum Gasteiger partial charge on any atom is -0.491 e. The maximum absolute atomic E-state index is 12.9. The number of aliphatic hydroxyl groups excluding tert-OH is 2. The fraction of sp³-hybridized carbons (Fsp3) is 0.236. The maximum Gasteiger partial charge on any atom is 0.263 e. The van der Waals surface area contributed by atoms with Crippen molar-refractivity contribution >= 4 is 53.2 Å². The van der Waals surface area contributed by atoms with Gasteiger partial charge in [0.15, 0.2) is 20.4 Å². The molecule has 2 heterocycles. The van der Waals surface area contributed by atoms with Gasteiger partial charge in [-0.1, -0.05) is 60.7 Å². The Morgan fingerprint density at radius 1 is 0.453 bits per heavy atom. The first-order valence-electron chi connectivity index (χ1n) is 24.0. The molecule has 0 amide bonds. The van der Waals surface area contributed by atoms with Crippen LogP contribution < -0.4 is 39.0 Å². The molecule has 8 rings (SSSR count). The van der Waals surface area contributed by atoms with Gasteiger partial charge in [0.1, 0.15) is 58.2 Å². The summed E-state index contributed by atoms with van der Waals surface area (Å²) in [7, 11) is -7.61. The zero-order valence-corrected chi connectivity index (χ0v) is 42.4. The third-order valence-corrected chi connectivity index (χ3v) is 14.1. The van der Waals surface area contributed by atoms with Crippen molar-refractivity contribution in [3.05, 3.63) is 181 Å². The van der Waals surface area contributed by atoms with Crippen LogP contribution in [-0.4, -0.2) is 109 Å². The van der Waals surface area contributed by atoms with Gasteiger partial charge in [0.25, 0.3) is 20.0 Å². The monoisotopic (exact) mass is 1060 g/mol. The first-order valence-corrected chi connectivity index (χ1v) is 27.0. The number of nitrogens with one attached hydrogen (secondary N) is 4. The van der Waals surface area contributed by atoms with Gasteiger partial charge in [-0.25, -0.2) is 16.8 Å². The number of ether oxygens (including phenoxy) is 6. The van der Waals surface area contributed by atoms with Crippen LogP contribution in [0.25, 0.3) is 21.8 Å². The van der Waals surface area contributed by atoms with Crippen LogP contribution in [0.1, 0.15) is 11.1 Å². The summed E-state index contributed by atoms with van der Waals surface area (Å²) in [5.41, 5.74) is 4.35. The number of anilines is 2. The highest BCUT2D eigenvalue weighted by Crippen LogP contribution is 2.23. The Labute approximate surface area is 435 Å². The topological polar surface area (TPSA) is 238 Å². The zero-order chi connectivity index (χ0) is 52.3. The number of hydrogen-bond acceptors (Lipinski definition) is 16. The molecule has 2 atom stereocenters. The highest BCUT2D eigenvalue weighted by Gasteiger charge is 2.17. The van der Waals surface area contributed by atoms with Gasteiger partial charge in [0.05, 0.1) is 11.0 Å². The molecule has 2 aromatic heterocycles. The van der Waals surface area contributed by atoms with E-state index in [1.54, 1.807) is 84.9 Å². The zero-order valence-electron chi connectivity index (χ0n) is 40.8. The molecule has 6 aromatic carbocycles. The van der Waals surface area contributed by atoms with Crippen LogP contribution in [-0.2, 0) is 42.4 Å². The van der Waals surface area contributed by atoms with Gasteiger partial charge < -0.3 is 49.3 Å². The van der Waals surface area contributed by atoms with Crippen LogP contribution in [0.2, 0.25) is 0 Å². The molecule has 18 nitrogen and oxygen atoms in total. The molecule has 0 fully saturated rings. The Morgan fingerprint density at radius 3 is 1.23 bits per heavy atom. The Bertz CT molecular complexity index is 3060. The van der Waals surface area contributed by atoms with Crippen LogP contribution in [0.4, 0.5) is 11.4 Å². The molecule has 8 aromatic rings. The van der Waals surface area contributed by atoms with Crippen molar-refractivity contribution < 1.29 is 55.5 Å². The van der Waals surface area contributed by atoms with Gasteiger partial charge in [0, 0.05) is 47.6 Å². The van der Waals surface area contributed by atoms with Crippen molar-refractivity contribution in [2.24, 2.45) is 0 Å². The maximum atomic E-state index is 12.9. The highest BCUT2D eigenvalue weighted by molar-refractivity contribution is 7.93. The molecule has 6 N–H and O–H groups in total. The molecule has 0 radical (unpaired) electrons. The highest BCUT2D eigenvalue weighted by atomic mass is 32.2. The summed E-state index contributed by atoms with van der Waals surface area (Å²) >= 11 is 0. The summed E-state index contributed by atoms with van der Waals surface area (Å²) in [5, 5.41) is 28.8. The fourth-order valence-electron chi connectivity index (χ4n) is 7.42. The minimum absolute atomic E-state index is 0.0562. The van der Waals surface area contributed by atoms with Gasteiger partial charge in [-0.2, -0.15) is 0 Å². The van der Waals surface area contributed by atoms with E-state index >= 15 is 0 Å². The number of pyridine rings is 2. The van der Waals surface area contributed by atoms with Crippen molar-refractivity contribution in [1.82, 2.24) is 20.6 Å². The molecule has 392 valence electrons. The Kier molecular flexibility index (Phi) is 19.2. The molecule has 0 aliphatic rings. The van der Waals surface area contributed by atoms with Crippen LogP contribution in [0.3, 0.4) is 0 Å². The number of benzene rings is 6.